The van der Waals surface area contributed by atoms with Crippen molar-refractivity contribution in [1.82, 2.24) is 9.80 Å². The van der Waals surface area contributed by atoms with Crippen LogP contribution in [0, 0.1) is 11.3 Å². The van der Waals surface area contributed by atoms with Gasteiger partial charge in [-0.3, -0.25) is 9.59 Å². The van der Waals surface area contributed by atoms with E-state index < -0.39 is 11.4 Å². The molecule has 0 aromatic carbocycles. The van der Waals surface area contributed by atoms with E-state index in [1.165, 1.54) is 32.4 Å². The lowest BCUT2D eigenvalue weighted by atomic mass is 9.84. The van der Waals surface area contributed by atoms with Crippen molar-refractivity contribution in [2.75, 3.05) is 32.7 Å². The van der Waals surface area contributed by atoms with Gasteiger partial charge in [0.25, 0.3) is 0 Å². The molecule has 0 saturated carbocycles. The van der Waals surface area contributed by atoms with Gasteiger partial charge in [-0.2, -0.15) is 0 Å². The second kappa shape index (κ2) is 6.41. The van der Waals surface area contributed by atoms with E-state index in [2.05, 4.69) is 4.90 Å². The smallest absolute Gasteiger partial charge is 0.319 e. The molecule has 0 aromatic heterocycles. The van der Waals surface area contributed by atoms with Gasteiger partial charge in [-0.05, 0) is 51.1 Å². The molecule has 0 spiro atoms. The summed E-state index contributed by atoms with van der Waals surface area (Å²) in [5.74, 6) is -0.643. The van der Waals surface area contributed by atoms with E-state index in [4.69, 9.17) is 0 Å². The van der Waals surface area contributed by atoms with Gasteiger partial charge in [0.1, 0.15) is 0 Å². The normalized spacial score (nSPS) is 28.2. The van der Waals surface area contributed by atoms with Gasteiger partial charge in [0, 0.05) is 19.6 Å². The molecule has 1 unspecified atom stereocenters. The lowest BCUT2D eigenvalue weighted by Crippen LogP contribution is -2.47. The van der Waals surface area contributed by atoms with Crippen molar-refractivity contribution in [2.45, 2.75) is 38.5 Å². The molecule has 2 aliphatic heterocycles. The van der Waals surface area contributed by atoms with Crippen molar-refractivity contribution in [3.8, 4) is 0 Å². The fourth-order valence-corrected chi connectivity index (χ4v) is 4.07. The molecule has 122 valence electrons. The van der Waals surface area contributed by atoms with Crippen LogP contribution in [0.25, 0.3) is 0 Å². The van der Waals surface area contributed by atoms with Crippen LogP contribution in [-0.4, -0.2) is 59.5 Å². The predicted molar refractivity (Wildman–Crippen MR) is 83.4 cm³/mol. The highest BCUT2D eigenvalue weighted by Crippen LogP contribution is 2.37. The number of likely N-dealkylation sites (tertiary alicyclic amines) is 2. The van der Waals surface area contributed by atoms with E-state index in [9.17, 15) is 14.7 Å². The summed E-state index contributed by atoms with van der Waals surface area (Å²) in [5.41, 5.74) is -1.22. The number of piperidine rings is 1. The number of hydrogen-bond acceptors (Lipinski definition) is 3. The number of carboxylic acid groups (broad SMARTS) is 1. The van der Waals surface area contributed by atoms with Crippen LogP contribution < -0.4 is 0 Å². The molecule has 3 rings (SSSR count). The molecule has 2 fully saturated rings. The van der Waals surface area contributed by atoms with Crippen LogP contribution in [0.5, 0.6) is 0 Å². The van der Waals surface area contributed by atoms with Gasteiger partial charge in [0.05, 0.1) is 0 Å². The Bertz CT molecular complexity index is 461. The van der Waals surface area contributed by atoms with E-state index in [-0.39, 0.29) is 5.91 Å². The lowest BCUT2D eigenvalue weighted by molar-refractivity contribution is -0.159. The first kappa shape index (κ1) is 15.5. The summed E-state index contributed by atoms with van der Waals surface area (Å²) in [7, 11) is 0. The fourth-order valence-electron chi connectivity index (χ4n) is 4.07. The van der Waals surface area contributed by atoms with Crippen molar-refractivity contribution >= 4 is 11.9 Å². The second-order valence-corrected chi connectivity index (χ2v) is 7.03. The van der Waals surface area contributed by atoms with Gasteiger partial charge in [-0.1, -0.05) is 18.6 Å². The fraction of sp³-hybridized carbons (Fsp3) is 0.765. The summed E-state index contributed by atoms with van der Waals surface area (Å²) >= 11 is 0. The van der Waals surface area contributed by atoms with Crippen molar-refractivity contribution in [3.63, 3.8) is 0 Å². The van der Waals surface area contributed by atoms with E-state index in [0.29, 0.717) is 25.3 Å². The minimum Gasteiger partial charge on any atom is -0.480 e. The molecule has 3 aliphatic rings. The number of allylic oxidation sites excluding steroid dienone is 2. The average Bonchev–Trinajstić information content (AvgIpc) is 3.17. The van der Waals surface area contributed by atoms with Gasteiger partial charge in [-0.15, -0.1) is 0 Å². The highest BCUT2D eigenvalue weighted by atomic mass is 16.4. The lowest BCUT2D eigenvalue weighted by Gasteiger charge is -2.30. The average molecular weight is 306 g/mol. The van der Waals surface area contributed by atoms with Crippen LogP contribution in [0.4, 0.5) is 0 Å². The quantitative estimate of drug-likeness (QED) is 0.635. The van der Waals surface area contributed by atoms with E-state index >= 15 is 0 Å². The summed E-state index contributed by atoms with van der Waals surface area (Å²) in [5, 5.41) is 9.53. The molecular formula is C17H26N2O3. The third-order valence-corrected chi connectivity index (χ3v) is 5.46. The van der Waals surface area contributed by atoms with Crippen LogP contribution in [-0.2, 0) is 9.59 Å². The SMILES string of the molecule is O=C(O)C1(C(=O)N2CCC(CN3CCCCC3)C2)CC=CC1. The number of amides is 1. The number of carbonyl (C=O) groups excluding carboxylic acids is 1. The molecule has 1 atom stereocenters. The number of nitrogens with zero attached hydrogens (tertiary/aromatic N) is 2. The van der Waals surface area contributed by atoms with Crippen molar-refractivity contribution in [1.29, 1.82) is 0 Å². The van der Waals surface area contributed by atoms with E-state index in [0.717, 1.165) is 19.5 Å². The Hall–Kier alpha value is -1.36. The van der Waals surface area contributed by atoms with E-state index in [1.54, 1.807) is 4.90 Å². The maximum Gasteiger partial charge on any atom is 0.319 e. The predicted octanol–water partition coefficient (Wildman–Crippen LogP) is 1.74. The summed E-state index contributed by atoms with van der Waals surface area (Å²) in [6.45, 7) is 4.85. The van der Waals surface area contributed by atoms with Crippen molar-refractivity contribution < 1.29 is 14.7 Å². The Morgan fingerprint density at radius 2 is 1.77 bits per heavy atom. The van der Waals surface area contributed by atoms with Crippen LogP contribution >= 0.6 is 0 Å². The van der Waals surface area contributed by atoms with Crippen LogP contribution in [0.1, 0.15) is 38.5 Å². The Kier molecular flexibility index (Phi) is 4.52. The first-order valence-corrected chi connectivity index (χ1v) is 8.52. The number of carboxylic acids is 1. The highest BCUT2D eigenvalue weighted by Gasteiger charge is 2.49. The van der Waals surface area contributed by atoms with Gasteiger partial charge in [0.2, 0.25) is 5.91 Å². The summed E-state index contributed by atoms with van der Waals surface area (Å²) in [6, 6.07) is 0. The monoisotopic (exact) mass is 306 g/mol. The molecule has 2 heterocycles. The van der Waals surface area contributed by atoms with E-state index in [1.807, 2.05) is 12.2 Å². The summed E-state index contributed by atoms with van der Waals surface area (Å²) < 4.78 is 0. The second-order valence-electron chi connectivity index (χ2n) is 7.03. The van der Waals surface area contributed by atoms with Gasteiger partial charge >= 0.3 is 5.97 Å². The minimum atomic E-state index is -1.22. The summed E-state index contributed by atoms with van der Waals surface area (Å²) in [6.07, 6.45) is 9.24. The first-order chi connectivity index (χ1) is 10.6. The minimum absolute atomic E-state index is 0.175. The van der Waals surface area contributed by atoms with Gasteiger partial charge in [0.15, 0.2) is 5.41 Å². The maximum absolute atomic E-state index is 12.7. The van der Waals surface area contributed by atoms with Gasteiger partial charge < -0.3 is 14.9 Å². The number of aliphatic carboxylic acids is 1. The molecule has 0 aromatic rings. The largest absolute Gasteiger partial charge is 0.480 e. The molecule has 1 N–H and O–H groups in total. The summed E-state index contributed by atoms with van der Waals surface area (Å²) in [4.78, 5) is 28.7. The van der Waals surface area contributed by atoms with Crippen LogP contribution in [0.15, 0.2) is 12.2 Å². The van der Waals surface area contributed by atoms with Crippen molar-refractivity contribution in [2.24, 2.45) is 11.3 Å². The third-order valence-electron chi connectivity index (χ3n) is 5.46. The Morgan fingerprint density at radius 1 is 1.09 bits per heavy atom. The zero-order valence-corrected chi connectivity index (χ0v) is 13.2. The molecule has 22 heavy (non-hydrogen) atoms. The highest BCUT2D eigenvalue weighted by molar-refractivity contribution is 6.02. The number of carbonyl (C=O) groups is 2. The maximum atomic E-state index is 12.7. The van der Waals surface area contributed by atoms with Gasteiger partial charge in [-0.25, -0.2) is 0 Å². The molecule has 5 nitrogen and oxygen atoms in total. The molecule has 1 aliphatic carbocycles. The zero-order valence-electron chi connectivity index (χ0n) is 13.2. The molecule has 0 bridgehead atoms. The molecule has 5 heteroatoms. The molecule has 1 amide bonds. The number of hydrogen-bond donors (Lipinski definition) is 1. The number of rotatable bonds is 4. The third kappa shape index (κ3) is 2.91. The Balaban J connectivity index is 1.57. The molecule has 2 saturated heterocycles. The standard InChI is InChI=1S/C17H26N2O3/c20-15(17(16(21)22)7-2-3-8-17)19-11-6-14(13-19)12-18-9-4-1-5-10-18/h2-3,14H,1,4-13H2,(H,21,22). The Labute approximate surface area is 132 Å². The van der Waals surface area contributed by atoms with Crippen molar-refractivity contribution in [3.05, 3.63) is 12.2 Å². The van der Waals surface area contributed by atoms with Crippen LogP contribution in [0.3, 0.4) is 0 Å². The van der Waals surface area contributed by atoms with Crippen LogP contribution in [0.2, 0.25) is 0 Å². The Morgan fingerprint density at radius 3 is 2.41 bits per heavy atom. The zero-order chi connectivity index (χ0) is 15.6. The topological polar surface area (TPSA) is 60.9 Å². The molecule has 0 radical (unpaired) electrons. The molecular weight excluding hydrogens is 280 g/mol. The first-order valence-electron chi connectivity index (χ1n) is 8.52.